The molecule has 0 saturated heterocycles. The van der Waals surface area contributed by atoms with E-state index in [-0.39, 0.29) is 52.0 Å². The predicted molar refractivity (Wildman–Crippen MR) is 106 cm³/mol. The van der Waals surface area contributed by atoms with Crippen LogP contribution in [0.1, 0.15) is 105 Å². The molecule has 0 aliphatic heterocycles. The smallest absolute Gasteiger partial charge is 0.00799 e. The highest BCUT2D eigenvalue weighted by Gasteiger charge is 1.56. The van der Waals surface area contributed by atoms with Crippen molar-refractivity contribution < 1.29 is 0 Å². The molecule has 2 nitrogen and oxygen atoms in total. The van der Waals surface area contributed by atoms with Crippen LogP contribution in [-0.2, 0) is 0 Å². The summed E-state index contributed by atoms with van der Waals surface area (Å²) in [7, 11) is 0. The van der Waals surface area contributed by atoms with Crippen LogP contribution in [0.4, 0.5) is 0 Å². The Morgan fingerprint density at radius 2 is 0.526 bits per heavy atom. The van der Waals surface area contributed by atoms with Crippen LogP contribution in [-0.4, -0.2) is 13.1 Å². The molecule has 0 radical (unpaired) electrons. The number of unbranched alkanes of at least 4 members (excludes halogenated alkanes) is 1. The summed E-state index contributed by atoms with van der Waals surface area (Å²) in [5.41, 5.74) is 10.1. The van der Waals surface area contributed by atoms with Crippen LogP contribution < -0.4 is 11.5 Å². The summed E-state index contributed by atoms with van der Waals surface area (Å²) in [6.45, 7) is 10.1. The molecule has 0 amide bonds. The van der Waals surface area contributed by atoms with Crippen molar-refractivity contribution in [2.75, 3.05) is 13.1 Å². The third-order valence-electron chi connectivity index (χ3n) is 1.08. The van der Waals surface area contributed by atoms with Gasteiger partial charge in [0, 0.05) is 0 Å². The molecule has 0 aliphatic rings. The van der Waals surface area contributed by atoms with Gasteiger partial charge in [-0.05, 0) is 25.9 Å². The van der Waals surface area contributed by atoms with Gasteiger partial charge < -0.3 is 11.5 Å². The summed E-state index contributed by atoms with van der Waals surface area (Å²) in [6.07, 6.45) is 4.83. The third kappa shape index (κ3) is 533. The Morgan fingerprint density at radius 1 is 0.421 bits per heavy atom. The van der Waals surface area contributed by atoms with Gasteiger partial charge in [0.25, 0.3) is 0 Å². The molecule has 0 unspecified atom stereocenters. The molecule has 0 bridgehead atoms. The molecular weight excluding hydrogens is 232 g/mol. The largest absolute Gasteiger partial charge is 0.330 e. The first-order valence-electron chi connectivity index (χ1n) is 5.14. The monoisotopic (exact) mass is 288 g/mol. The van der Waals surface area contributed by atoms with Crippen molar-refractivity contribution in [2.45, 2.75) is 105 Å². The maximum Gasteiger partial charge on any atom is -0.00799 e. The highest BCUT2D eigenvalue weighted by Crippen LogP contribution is 1.76. The van der Waals surface area contributed by atoms with Crippen molar-refractivity contribution in [1.29, 1.82) is 0 Å². The zero-order valence-electron chi connectivity index (χ0n) is 9.40. The SMILES string of the molecule is C.C.C.C.C.C.C.CCCC.CCCN.CCCN. The van der Waals surface area contributed by atoms with Crippen LogP contribution >= 0.6 is 0 Å². The highest BCUT2D eigenvalue weighted by atomic mass is 14.5. The predicted octanol–water partition coefficient (Wildman–Crippen LogP) is 6.97. The average Bonchev–Trinajstić information content (AvgIpc) is 2.18. The lowest BCUT2D eigenvalue weighted by atomic mass is 10.4. The van der Waals surface area contributed by atoms with Gasteiger partial charge in [-0.2, -0.15) is 0 Å². The molecular formula is C17H56N2. The van der Waals surface area contributed by atoms with Crippen molar-refractivity contribution in [2.24, 2.45) is 11.5 Å². The topological polar surface area (TPSA) is 52.0 Å². The summed E-state index contributed by atoms with van der Waals surface area (Å²) in [5.74, 6) is 0. The van der Waals surface area contributed by atoms with E-state index >= 15 is 0 Å². The lowest BCUT2D eigenvalue weighted by Crippen LogP contribution is -1.93. The minimum atomic E-state index is 0. The Balaban J connectivity index is -0.00000000675. The van der Waals surface area contributed by atoms with E-state index in [0.29, 0.717) is 0 Å². The molecule has 0 fully saturated rings. The number of hydrogen-bond acceptors (Lipinski definition) is 2. The van der Waals surface area contributed by atoms with Crippen LogP contribution in [0.15, 0.2) is 0 Å². The van der Waals surface area contributed by atoms with Gasteiger partial charge in [-0.1, -0.05) is 92.5 Å². The van der Waals surface area contributed by atoms with Crippen molar-refractivity contribution in [1.82, 2.24) is 0 Å². The van der Waals surface area contributed by atoms with Crippen molar-refractivity contribution >= 4 is 0 Å². The zero-order valence-corrected chi connectivity index (χ0v) is 9.40. The second-order valence-corrected chi connectivity index (χ2v) is 2.58. The molecule has 19 heavy (non-hydrogen) atoms. The number of hydrogen-bond donors (Lipinski definition) is 2. The third-order valence-corrected chi connectivity index (χ3v) is 1.08. The molecule has 0 aromatic rings. The molecule has 0 rings (SSSR count). The van der Waals surface area contributed by atoms with E-state index in [0.717, 1.165) is 25.9 Å². The van der Waals surface area contributed by atoms with Gasteiger partial charge in [0.1, 0.15) is 0 Å². The number of rotatable bonds is 3. The zero-order chi connectivity index (χ0) is 10.2. The number of nitrogens with two attached hydrogens (primary N) is 2. The average molecular weight is 289 g/mol. The molecule has 2 heteroatoms. The van der Waals surface area contributed by atoms with Crippen LogP contribution in [0.3, 0.4) is 0 Å². The Kier molecular flexibility index (Phi) is 588. The van der Waals surface area contributed by atoms with E-state index < -0.39 is 0 Å². The van der Waals surface area contributed by atoms with Crippen molar-refractivity contribution in [3.8, 4) is 0 Å². The van der Waals surface area contributed by atoms with Gasteiger partial charge in [0.2, 0.25) is 0 Å². The summed E-state index contributed by atoms with van der Waals surface area (Å²) >= 11 is 0. The Hall–Kier alpha value is -0.0800. The molecule has 0 saturated carbocycles. The minimum absolute atomic E-state index is 0. The minimum Gasteiger partial charge on any atom is -0.330 e. The summed E-state index contributed by atoms with van der Waals surface area (Å²) < 4.78 is 0. The molecule has 4 N–H and O–H groups in total. The lowest BCUT2D eigenvalue weighted by molar-refractivity contribution is 0.886. The molecule has 0 aromatic carbocycles. The van der Waals surface area contributed by atoms with Crippen molar-refractivity contribution in [3.05, 3.63) is 0 Å². The second kappa shape index (κ2) is 146. The fourth-order valence-corrected chi connectivity index (χ4v) is 0. The summed E-state index contributed by atoms with van der Waals surface area (Å²) in [5, 5.41) is 0. The second-order valence-electron chi connectivity index (χ2n) is 2.58. The normalized spacial score (nSPS) is 4.74. The van der Waals surface area contributed by atoms with Gasteiger partial charge in [-0.15, -0.1) is 0 Å². The molecule has 134 valence electrons. The Bertz CT molecular complexity index is 24.7. The van der Waals surface area contributed by atoms with Crippen LogP contribution in [0.5, 0.6) is 0 Å². The van der Waals surface area contributed by atoms with Gasteiger partial charge >= 0.3 is 0 Å². The first-order chi connectivity index (χ1) is 5.74. The molecule has 0 spiro atoms. The van der Waals surface area contributed by atoms with Gasteiger partial charge in [0.15, 0.2) is 0 Å². The molecule has 0 aromatic heterocycles. The maximum atomic E-state index is 5.03. The van der Waals surface area contributed by atoms with E-state index in [1.54, 1.807) is 0 Å². The maximum absolute atomic E-state index is 5.03. The Morgan fingerprint density at radius 3 is 0.526 bits per heavy atom. The Labute approximate surface area is 130 Å². The fourth-order valence-electron chi connectivity index (χ4n) is 0. The van der Waals surface area contributed by atoms with Crippen LogP contribution in [0.2, 0.25) is 0 Å². The first kappa shape index (κ1) is 76.4. The fraction of sp³-hybridized carbons (Fsp3) is 1.00. The van der Waals surface area contributed by atoms with Gasteiger partial charge in [-0.3, -0.25) is 0 Å². The van der Waals surface area contributed by atoms with Gasteiger partial charge in [0.05, 0.1) is 0 Å². The van der Waals surface area contributed by atoms with E-state index in [4.69, 9.17) is 11.5 Å². The summed E-state index contributed by atoms with van der Waals surface area (Å²) in [6, 6.07) is 0. The summed E-state index contributed by atoms with van der Waals surface area (Å²) in [4.78, 5) is 0. The van der Waals surface area contributed by atoms with Crippen LogP contribution in [0, 0.1) is 0 Å². The lowest BCUT2D eigenvalue weighted by Gasteiger charge is -1.70. The molecule has 0 atom stereocenters. The van der Waals surface area contributed by atoms with E-state index in [1.807, 2.05) is 0 Å². The highest BCUT2D eigenvalue weighted by molar-refractivity contribution is 4.19. The van der Waals surface area contributed by atoms with Gasteiger partial charge in [-0.25, -0.2) is 0 Å². The van der Waals surface area contributed by atoms with Crippen molar-refractivity contribution in [3.63, 3.8) is 0 Å². The van der Waals surface area contributed by atoms with E-state index in [2.05, 4.69) is 27.7 Å². The molecule has 0 aliphatic carbocycles. The van der Waals surface area contributed by atoms with E-state index in [1.165, 1.54) is 12.8 Å². The first-order valence-corrected chi connectivity index (χ1v) is 5.14. The standard InChI is InChI=1S/C4H10.2C3H9N.7CH4/c1-3-4-2;2*1-2-3-4;;;;;;;/h3-4H2,1-2H3;2*2-4H2,1H3;7*1H4. The molecule has 0 heterocycles. The van der Waals surface area contributed by atoms with E-state index in [9.17, 15) is 0 Å². The quantitative estimate of drug-likeness (QED) is 0.589. The van der Waals surface area contributed by atoms with Crippen LogP contribution in [0.25, 0.3) is 0 Å².